The van der Waals surface area contributed by atoms with E-state index in [0.717, 1.165) is 5.52 Å². The van der Waals surface area contributed by atoms with Crippen molar-refractivity contribution in [1.82, 2.24) is 14.9 Å². The van der Waals surface area contributed by atoms with Crippen LogP contribution in [0.25, 0.3) is 11.0 Å². The number of imidazole rings is 1. The lowest BCUT2D eigenvalue weighted by atomic mass is 10.3. The van der Waals surface area contributed by atoms with Crippen LogP contribution in [-0.2, 0) is 11.3 Å². The molecule has 0 bridgehead atoms. The Kier molecular flexibility index (Phi) is 2.86. The third-order valence-corrected chi connectivity index (χ3v) is 2.57. The summed E-state index contributed by atoms with van der Waals surface area (Å²) in [4.78, 5) is 15.5. The zero-order valence-electron chi connectivity index (χ0n) is 9.73. The number of nitrogen functional groups attached to an aromatic ring is 1. The van der Waals surface area contributed by atoms with E-state index in [0.29, 0.717) is 17.2 Å². The van der Waals surface area contributed by atoms with E-state index in [4.69, 9.17) is 10.5 Å². The van der Waals surface area contributed by atoms with Crippen LogP contribution in [-0.4, -0.2) is 29.6 Å². The van der Waals surface area contributed by atoms with Crippen molar-refractivity contribution in [2.75, 3.05) is 19.9 Å². The number of hydrogen-bond donors (Lipinski definition) is 2. The van der Waals surface area contributed by atoms with Gasteiger partial charge in [-0.3, -0.25) is 4.79 Å². The number of nitrogens with one attached hydrogen (secondary N) is 1. The van der Waals surface area contributed by atoms with Crippen LogP contribution in [0.4, 0.5) is 5.95 Å². The zero-order valence-corrected chi connectivity index (χ0v) is 9.73. The van der Waals surface area contributed by atoms with Gasteiger partial charge in [-0.05, 0) is 12.1 Å². The summed E-state index contributed by atoms with van der Waals surface area (Å²) in [5.74, 6) is 0.908. The van der Waals surface area contributed by atoms with E-state index in [-0.39, 0.29) is 12.5 Å². The number of carbonyl (C=O) groups is 1. The maximum absolute atomic E-state index is 11.4. The lowest BCUT2D eigenvalue weighted by Gasteiger charge is -2.05. The number of anilines is 1. The summed E-state index contributed by atoms with van der Waals surface area (Å²) in [7, 11) is 3.17. The maximum Gasteiger partial charge on any atom is 0.239 e. The Morgan fingerprint density at radius 1 is 1.59 bits per heavy atom. The largest absolute Gasteiger partial charge is 0.497 e. The standard InChI is InChI=1S/C11H14N4O2/c1-13-10(16)6-15-9-4-3-7(17-2)5-8(9)14-11(15)12/h3-5H,6H2,1-2H3,(H2,12,14)(H,13,16). The fourth-order valence-corrected chi connectivity index (χ4v) is 1.64. The second-order valence-corrected chi connectivity index (χ2v) is 3.58. The van der Waals surface area contributed by atoms with Gasteiger partial charge in [-0.2, -0.15) is 0 Å². The normalized spacial score (nSPS) is 10.5. The van der Waals surface area contributed by atoms with E-state index in [1.165, 1.54) is 0 Å². The Morgan fingerprint density at radius 2 is 2.35 bits per heavy atom. The minimum Gasteiger partial charge on any atom is -0.497 e. The van der Waals surface area contributed by atoms with Crippen molar-refractivity contribution in [1.29, 1.82) is 0 Å². The summed E-state index contributed by atoms with van der Waals surface area (Å²) >= 11 is 0. The van der Waals surface area contributed by atoms with Gasteiger partial charge in [-0.15, -0.1) is 0 Å². The topological polar surface area (TPSA) is 82.2 Å². The van der Waals surface area contributed by atoms with Gasteiger partial charge in [-0.25, -0.2) is 4.98 Å². The van der Waals surface area contributed by atoms with E-state index in [2.05, 4.69) is 10.3 Å². The van der Waals surface area contributed by atoms with Crippen LogP contribution in [0, 0.1) is 0 Å². The number of rotatable bonds is 3. The van der Waals surface area contributed by atoms with Gasteiger partial charge in [0.05, 0.1) is 18.1 Å². The predicted molar refractivity (Wildman–Crippen MR) is 64.8 cm³/mol. The van der Waals surface area contributed by atoms with Gasteiger partial charge in [0, 0.05) is 13.1 Å². The van der Waals surface area contributed by atoms with Crippen LogP contribution >= 0.6 is 0 Å². The smallest absolute Gasteiger partial charge is 0.239 e. The molecule has 0 radical (unpaired) electrons. The average molecular weight is 234 g/mol. The number of methoxy groups -OCH3 is 1. The molecule has 1 heterocycles. The van der Waals surface area contributed by atoms with E-state index in [1.807, 2.05) is 12.1 Å². The highest BCUT2D eigenvalue weighted by molar-refractivity contribution is 5.83. The zero-order chi connectivity index (χ0) is 12.4. The molecule has 2 rings (SSSR count). The molecule has 1 aromatic carbocycles. The summed E-state index contributed by atoms with van der Waals surface area (Å²) in [5.41, 5.74) is 7.30. The Balaban J connectivity index is 2.48. The molecular formula is C11H14N4O2. The maximum atomic E-state index is 11.4. The number of carbonyl (C=O) groups excluding carboxylic acids is 1. The monoisotopic (exact) mass is 234 g/mol. The van der Waals surface area contributed by atoms with Crippen LogP contribution in [0.15, 0.2) is 18.2 Å². The van der Waals surface area contributed by atoms with Gasteiger partial charge in [-0.1, -0.05) is 0 Å². The number of ether oxygens (including phenoxy) is 1. The Hall–Kier alpha value is -2.24. The molecule has 2 aromatic rings. The van der Waals surface area contributed by atoms with E-state index >= 15 is 0 Å². The van der Waals surface area contributed by atoms with Crippen LogP contribution < -0.4 is 15.8 Å². The van der Waals surface area contributed by atoms with Crippen LogP contribution in [0.5, 0.6) is 5.75 Å². The molecule has 1 amide bonds. The van der Waals surface area contributed by atoms with E-state index in [1.54, 1.807) is 24.8 Å². The molecule has 1 aromatic heterocycles. The second-order valence-electron chi connectivity index (χ2n) is 3.58. The molecule has 0 unspecified atom stereocenters. The first kappa shape index (κ1) is 11.3. The summed E-state index contributed by atoms with van der Waals surface area (Å²) in [6, 6.07) is 5.43. The lowest BCUT2D eigenvalue weighted by molar-refractivity contribution is -0.121. The van der Waals surface area contributed by atoms with Crippen LogP contribution in [0.1, 0.15) is 0 Å². The van der Waals surface area contributed by atoms with Gasteiger partial charge in [0.25, 0.3) is 0 Å². The third kappa shape index (κ3) is 2.01. The number of nitrogens with zero attached hydrogens (tertiary/aromatic N) is 2. The SMILES string of the molecule is CNC(=O)Cn1c(N)nc2cc(OC)ccc21. The van der Waals surface area contributed by atoms with E-state index < -0.39 is 0 Å². The molecule has 0 saturated heterocycles. The Morgan fingerprint density at radius 3 is 3.00 bits per heavy atom. The van der Waals surface area contributed by atoms with Gasteiger partial charge in [0.1, 0.15) is 12.3 Å². The minimum atomic E-state index is -0.119. The predicted octanol–water partition coefficient (Wildman–Crippen LogP) is 0.373. The summed E-state index contributed by atoms with van der Waals surface area (Å²) < 4.78 is 6.76. The highest BCUT2D eigenvalue weighted by Gasteiger charge is 2.11. The molecule has 17 heavy (non-hydrogen) atoms. The molecule has 0 fully saturated rings. The van der Waals surface area contributed by atoms with Crippen molar-refractivity contribution < 1.29 is 9.53 Å². The highest BCUT2D eigenvalue weighted by atomic mass is 16.5. The first-order chi connectivity index (χ1) is 8.15. The number of amides is 1. The van der Waals surface area contributed by atoms with Crippen molar-refractivity contribution in [2.24, 2.45) is 0 Å². The van der Waals surface area contributed by atoms with Crippen molar-refractivity contribution in [2.45, 2.75) is 6.54 Å². The fraction of sp³-hybridized carbons (Fsp3) is 0.273. The molecule has 0 spiro atoms. The van der Waals surface area contributed by atoms with Crippen LogP contribution in [0.2, 0.25) is 0 Å². The van der Waals surface area contributed by atoms with E-state index in [9.17, 15) is 4.79 Å². The minimum absolute atomic E-state index is 0.119. The first-order valence-corrected chi connectivity index (χ1v) is 5.16. The molecule has 3 N–H and O–H groups in total. The number of fused-ring (bicyclic) bond motifs is 1. The van der Waals surface area contributed by atoms with Gasteiger partial charge in [0.2, 0.25) is 11.9 Å². The Labute approximate surface area is 98.4 Å². The quantitative estimate of drug-likeness (QED) is 0.804. The molecule has 90 valence electrons. The van der Waals surface area contributed by atoms with Gasteiger partial charge >= 0.3 is 0 Å². The van der Waals surface area contributed by atoms with Gasteiger partial charge < -0.3 is 20.4 Å². The number of hydrogen-bond acceptors (Lipinski definition) is 4. The van der Waals surface area contributed by atoms with Crippen LogP contribution in [0.3, 0.4) is 0 Å². The number of benzene rings is 1. The number of likely N-dealkylation sites (N-methyl/N-ethyl adjacent to an activating group) is 1. The molecule has 0 aliphatic heterocycles. The molecule has 0 atom stereocenters. The van der Waals surface area contributed by atoms with Crippen molar-refractivity contribution >= 4 is 22.9 Å². The summed E-state index contributed by atoms with van der Waals surface area (Å²) in [5, 5.41) is 2.55. The van der Waals surface area contributed by atoms with Crippen molar-refractivity contribution in [3.63, 3.8) is 0 Å². The molecular weight excluding hydrogens is 220 g/mol. The molecule has 0 aliphatic carbocycles. The summed E-state index contributed by atoms with van der Waals surface area (Å²) in [6.07, 6.45) is 0. The number of aromatic nitrogens is 2. The summed E-state index contributed by atoms with van der Waals surface area (Å²) in [6.45, 7) is 0.158. The lowest BCUT2D eigenvalue weighted by Crippen LogP contribution is -2.24. The molecule has 0 saturated carbocycles. The molecule has 0 aliphatic rings. The highest BCUT2D eigenvalue weighted by Crippen LogP contribution is 2.22. The van der Waals surface area contributed by atoms with Crippen molar-refractivity contribution in [3.8, 4) is 5.75 Å². The Bertz CT molecular complexity index is 562. The van der Waals surface area contributed by atoms with Gasteiger partial charge in [0.15, 0.2) is 0 Å². The van der Waals surface area contributed by atoms with Crippen molar-refractivity contribution in [3.05, 3.63) is 18.2 Å². The fourth-order valence-electron chi connectivity index (χ4n) is 1.64. The average Bonchev–Trinajstić information content (AvgIpc) is 2.64. The third-order valence-electron chi connectivity index (χ3n) is 2.57. The second kappa shape index (κ2) is 4.32. The molecule has 6 nitrogen and oxygen atoms in total. The first-order valence-electron chi connectivity index (χ1n) is 5.16. The molecule has 6 heteroatoms. The number of nitrogens with two attached hydrogens (primary N) is 1.